The molecule has 19 heavy (non-hydrogen) atoms. The summed E-state index contributed by atoms with van der Waals surface area (Å²) in [5, 5.41) is 0. The fourth-order valence-corrected chi connectivity index (χ4v) is 2.52. The first kappa shape index (κ1) is 16.0. The number of likely N-dealkylation sites (N-methyl/N-ethyl adjacent to an activating group) is 2. The highest BCUT2D eigenvalue weighted by molar-refractivity contribution is 5.84. The van der Waals surface area contributed by atoms with Crippen molar-refractivity contribution in [2.24, 2.45) is 11.7 Å². The van der Waals surface area contributed by atoms with E-state index in [-0.39, 0.29) is 30.3 Å². The van der Waals surface area contributed by atoms with E-state index in [1.807, 2.05) is 6.92 Å². The van der Waals surface area contributed by atoms with Crippen LogP contribution in [0.3, 0.4) is 0 Å². The Labute approximate surface area is 116 Å². The van der Waals surface area contributed by atoms with Gasteiger partial charge in [0.1, 0.15) is 0 Å². The average molecular weight is 269 g/mol. The maximum absolute atomic E-state index is 12.2. The SMILES string of the molecule is CCN(CC(=O)N(C)C)C(=O)CC1CCCCC1N. The molecule has 1 aliphatic rings. The van der Waals surface area contributed by atoms with Gasteiger partial charge in [-0.2, -0.15) is 0 Å². The fourth-order valence-electron chi connectivity index (χ4n) is 2.52. The monoisotopic (exact) mass is 269 g/mol. The molecule has 2 amide bonds. The molecule has 1 fully saturated rings. The summed E-state index contributed by atoms with van der Waals surface area (Å²) in [5.41, 5.74) is 6.07. The standard InChI is InChI=1S/C14H27N3O2/c1-4-17(10-14(19)16(2)3)13(18)9-11-7-5-6-8-12(11)15/h11-12H,4-10,15H2,1-3H3. The third-order valence-electron chi connectivity index (χ3n) is 3.96. The van der Waals surface area contributed by atoms with Crippen LogP contribution in [0.25, 0.3) is 0 Å². The molecule has 2 N–H and O–H groups in total. The van der Waals surface area contributed by atoms with Crippen molar-refractivity contribution < 1.29 is 9.59 Å². The number of nitrogens with zero attached hydrogens (tertiary/aromatic N) is 2. The smallest absolute Gasteiger partial charge is 0.241 e. The lowest BCUT2D eigenvalue weighted by Gasteiger charge is -2.30. The predicted molar refractivity (Wildman–Crippen MR) is 75.5 cm³/mol. The van der Waals surface area contributed by atoms with Gasteiger partial charge in [0.05, 0.1) is 6.54 Å². The number of nitrogens with two attached hydrogens (primary N) is 1. The van der Waals surface area contributed by atoms with E-state index in [1.165, 1.54) is 11.3 Å². The van der Waals surface area contributed by atoms with Crippen molar-refractivity contribution >= 4 is 11.8 Å². The summed E-state index contributed by atoms with van der Waals surface area (Å²) in [6.07, 6.45) is 4.86. The Morgan fingerprint density at radius 2 is 1.79 bits per heavy atom. The topological polar surface area (TPSA) is 66.6 Å². The molecule has 0 heterocycles. The first-order valence-electron chi connectivity index (χ1n) is 7.19. The number of hydrogen-bond acceptors (Lipinski definition) is 3. The summed E-state index contributed by atoms with van der Waals surface area (Å²) < 4.78 is 0. The van der Waals surface area contributed by atoms with Gasteiger partial charge in [0.25, 0.3) is 0 Å². The summed E-state index contributed by atoms with van der Waals surface area (Å²) in [7, 11) is 3.41. The van der Waals surface area contributed by atoms with Crippen molar-refractivity contribution in [3.05, 3.63) is 0 Å². The second-order valence-electron chi connectivity index (χ2n) is 5.61. The molecule has 0 aromatic heterocycles. The number of hydrogen-bond donors (Lipinski definition) is 1. The van der Waals surface area contributed by atoms with E-state index in [9.17, 15) is 9.59 Å². The molecule has 0 saturated heterocycles. The molecular formula is C14H27N3O2. The first-order valence-corrected chi connectivity index (χ1v) is 7.19. The summed E-state index contributed by atoms with van der Waals surface area (Å²) in [6.45, 7) is 2.65. The molecule has 2 atom stereocenters. The number of rotatable bonds is 5. The van der Waals surface area contributed by atoms with Gasteiger partial charge in [0.15, 0.2) is 0 Å². The lowest BCUT2D eigenvalue weighted by Crippen LogP contribution is -2.43. The number of carbonyl (C=O) groups is 2. The zero-order valence-corrected chi connectivity index (χ0v) is 12.4. The quantitative estimate of drug-likeness (QED) is 0.804. The van der Waals surface area contributed by atoms with Crippen LogP contribution in [0, 0.1) is 5.92 Å². The molecule has 1 aliphatic carbocycles. The van der Waals surface area contributed by atoms with Crippen molar-refractivity contribution in [2.75, 3.05) is 27.2 Å². The van der Waals surface area contributed by atoms with Crippen molar-refractivity contribution in [1.82, 2.24) is 9.80 Å². The maximum atomic E-state index is 12.2. The van der Waals surface area contributed by atoms with Gasteiger partial charge < -0.3 is 15.5 Å². The molecule has 0 radical (unpaired) electrons. The second-order valence-corrected chi connectivity index (χ2v) is 5.61. The van der Waals surface area contributed by atoms with Gasteiger partial charge in [0.2, 0.25) is 11.8 Å². The zero-order chi connectivity index (χ0) is 14.4. The molecule has 110 valence electrons. The van der Waals surface area contributed by atoms with Crippen LogP contribution < -0.4 is 5.73 Å². The lowest BCUT2D eigenvalue weighted by molar-refractivity contribution is -0.139. The van der Waals surface area contributed by atoms with E-state index < -0.39 is 0 Å². The van der Waals surface area contributed by atoms with Gasteiger partial charge in [-0.3, -0.25) is 9.59 Å². The molecule has 2 unspecified atom stereocenters. The Bertz CT molecular complexity index is 318. The minimum atomic E-state index is -0.0388. The van der Waals surface area contributed by atoms with E-state index in [4.69, 9.17) is 5.73 Å². The van der Waals surface area contributed by atoms with Crippen molar-refractivity contribution in [1.29, 1.82) is 0 Å². The van der Waals surface area contributed by atoms with E-state index in [1.54, 1.807) is 19.0 Å². The molecule has 1 saturated carbocycles. The van der Waals surface area contributed by atoms with E-state index in [0.29, 0.717) is 13.0 Å². The van der Waals surface area contributed by atoms with Crippen LogP contribution in [0.15, 0.2) is 0 Å². The summed E-state index contributed by atoms with van der Waals surface area (Å²) in [5.74, 6) is 0.299. The van der Waals surface area contributed by atoms with Crippen LogP contribution in [0.5, 0.6) is 0 Å². The van der Waals surface area contributed by atoms with Gasteiger partial charge in [-0.15, -0.1) is 0 Å². The highest BCUT2D eigenvalue weighted by atomic mass is 16.2. The first-order chi connectivity index (χ1) is 8.95. The van der Waals surface area contributed by atoms with Crippen LogP contribution >= 0.6 is 0 Å². The van der Waals surface area contributed by atoms with Gasteiger partial charge in [-0.05, 0) is 25.7 Å². The summed E-state index contributed by atoms with van der Waals surface area (Å²) >= 11 is 0. The lowest BCUT2D eigenvalue weighted by atomic mass is 9.83. The maximum Gasteiger partial charge on any atom is 0.241 e. The normalized spacial score (nSPS) is 22.9. The second kappa shape index (κ2) is 7.48. The molecule has 5 heteroatoms. The highest BCUT2D eigenvalue weighted by Gasteiger charge is 2.26. The van der Waals surface area contributed by atoms with Crippen LogP contribution in [-0.2, 0) is 9.59 Å². The Morgan fingerprint density at radius 3 is 2.32 bits per heavy atom. The average Bonchev–Trinajstić information content (AvgIpc) is 2.38. The predicted octanol–water partition coefficient (Wildman–Crippen LogP) is 0.831. The Balaban J connectivity index is 2.51. The van der Waals surface area contributed by atoms with Gasteiger partial charge in [-0.1, -0.05) is 12.8 Å². The number of carbonyl (C=O) groups excluding carboxylic acids is 2. The molecule has 0 aliphatic heterocycles. The molecule has 5 nitrogen and oxygen atoms in total. The number of amides is 2. The van der Waals surface area contributed by atoms with E-state index >= 15 is 0 Å². The highest BCUT2D eigenvalue weighted by Crippen LogP contribution is 2.26. The third kappa shape index (κ3) is 4.82. The van der Waals surface area contributed by atoms with E-state index in [2.05, 4.69) is 0 Å². The molecule has 1 rings (SSSR count). The van der Waals surface area contributed by atoms with Crippen LogP contribution in [-0.4, -0.2) is 54.8 Å². The third-order valence-corrected chi connectivity index (χ3v) is 3.96. The van der Waals surface area contributed by atoms with Crippen LogP contribution in [0.2, 0.25) is 0 Å². The largest absolute Gasteiger partial charge is 0.347 e. The summed E-state index contributed by atoms with van der Waals surface area (Å²) in [4.78, 5) is 27.1. The van der Waals surface area contributed by atoms with Crippen molar-refractivity contribution in [2.45, 2.75) is 45.1 Å². The molecule has 0 spiro atoms. The summed E-state index contributed by atoms with van der Waals surface area (Å²) in [6, 6.07) is 0.140. The Kier molecular flexibility index (Phi) is 6.28. The minimum Gasteiger partial charge on any atom is -0.347 e. The van der Waals surface area contributed by atoms with Crippen LogP contribution in [0.1, 0.15) is 39.0 Å². The Hall–Kier alpha value is -1.10. The Morgan fingerprint density at radius 1 is 1.16 bits per heavy atom. The van der Waals surface area contributed by atoms with Gasteiger partial charge in [0, 0.05) is 33.1 Å². The van der Waals surface area contributed by atoms with Gasteiger partial charge >= 0.3 is 0 Å². The van der Waals surface area contributed by atoms with Crippen LogP contribution in [0.4, 0.5) is 0 Å². The zero-order valence-electron chi connectivity index (χ0n) is 12.4. The van der Waals surface area contributed by atoms with E-state index in [0.717, 1.165) is 19.3 Å². The minimum absolute atomic E-state index is 0.0388. The van der Waals surface area contributed by atoms with Crippen molar-refractivity contribution in [3.63, 3.8) is 0 Å². The molecular weight excluding hydrogens is 242 g/mol. The van der Waals surface area contributed by atoms with Gasteiger partial charge in [-0.25, -0.2) is 0 Å². The fraction of sp³-hybridized carbons (Fsp3) is 0.857. The van der Waals surface area contributed by atoms with Crippen molar-refractivity contribution in [3.8, 4) is 0 Å². The molecule has 0 aromatic rings. The molecule has 0 bridgehead atoms. The molecule has 0 aromatic carbocycles.